The van der Waals surface area contributed by atoms with Crippen molar-refractivity contribution in [3.05, 3.63) is 24.3 Å². The van der Waals surface area contributed by atoms with E-state index in [0.29, 0.717) is 18.9 Å². The minimum Gasteiger partial charge on any atom is -0.376 e. The highest BCUT2D eigenvalue weighted by Gasteiger charge is 2.24. The number of amides is 2. The van der Waals surface area contributed by atoms with Gasteiger partial charge >= 0.3 is 0 Å². The van der Waals surface area contributed by atoms with Gasteiger partial charge in [0.15, 0.2) is 0 Å². The summed E-state index contributed by atoms with van der Waals surface area (Å²) < 4.78 is 5.53. The molecule has 2 aliphatic heterocycles. The van der Waals surface area contributed by atoms with Crippen LogP contribution in [0.15, 0.2) is 24.3 Å². The van der Waals surface area contributed by atoms with E-state index in [1.165, 1.54) is 4.80 Å². The smallest absolute Gasteiger partial charge is 0.246 e. The number of nitrogens with one attached hydrogen (secondary N) is 1. The zero-order chi connectivity index (χ0) is 20.1. The van der Waals surface area contributed by atoms with E-state index >= 15 is 0 Å². The fourth-order valence-electron chi connectivity index (χ4n) is 4.12. The number of rotatable bonds is 7. The predicted molar refractivity (Wildman–Crippen MR) is 108 cm³/mol. The Balaban J connectivity index is 1.16. The Morgan fingerprint density at radius 2 is 1.83 bits per heavy atom. The van der Waals surface area contributed by atoms with Crippen molar-refractivity contribution in [2.24, 2.45) is 5.92 Å². The van der Waals surface area contributed by atoms with Crippen molar-refractivity contribution in [3.63, 3.8) is 0 Å². The van der Waals surface area contributed by atoms with Crippen molar-refractivity contribution in [1.29, 1.82) is 0 Å². The monoisotopic (exact) mass is 399 g/mol. The van der Waals surface area contributed by atoms with Crippen LogP contribution in [0, 0.1) is 5.92 Å². The molecule has 2 aromatic rings. The number of carbonyl (C=O) groups excluding carboxylic acids is 2. The lowest BCUT2D eigenvalue weighted by molar-refractivity contribution is -0.134. The summed E-state index contributed by atoms with van der Waals surface area (Å²) in [7, 11) is 0. The largest absolute Gasteiger partial charge is 0.376 e. The fraction of sp³-hybridized carbons (Fsp3) is 0.619. The predicted octanol–water partition coefficient (Wildman–Crippen LogP) is 1.75. The number of carbonyl (C=O) groups is 2. The zero-order valence-electron chi connectivity index (χ0n) is 16.8. The van der Waals surface area contributed by atoms with Crippen molar-refractivity contribution in [3.8, 4) is 0 Å². The number of likely N-dealkylation sites (tertiary alicyclic amines) is 1. The van der Waals surface area contributed by atoms with Crippen LogP contribution in [0.25, 0.3) is 11.0 Å². The number of nitrogens with zero attached hydrogens (tertiary/aromatic N) is 4. The summed E-state index contributed by atoms with van der Waals surface area (Å²) in [4.78, 5) is 28.0. The summed E-state index contributed by atoms with van der Waals surface area (Å²) >= 11 is 0. The Morgan fingerprint density at radius 1 is 1.10 bits per heavy atom. The topological polar surface area (TPSA) is 89.4 Å². The molecule has 2 fully saturated rings. The molecule has 3 heterocycles. The molecule has 1 N–H and O–H groups in total. The summed E-state index contributed by atoms with van der Waals surface area (Å²) in [5.74, 6) is 0.659. The van der Waals surface area contributed by atoms with Gasteiger partial charge in [-0.25, -0.2) is 0 Å². The molecule has 0 aliphatic carbocycles. The molecule has 29 heavy (non-hydrogen) atoms. The average Bonchev–Trinajstić information content (AvgIpc) is 3.40. The first-order valence-corrected chi connectivity index (χ1v) is 10.6. The van der Waals surface area contributed by atoms with Crippen LogP contribution < -0.4 is 5.32 Å². The number of hydrogen-bond donors (Lipinski definition) is 1. The highest BCUT2D eigenvalue weighted by Crippen LogP contribution is 2.22. The highest BCUT2D eigenvalue weighted by molar-refractivity contribution is 5.77. The van der Waals surface area contributed by atoms with Crippen LogP contribution in [-0.4, -0.2) is 64.1 Å². The first kappa shape index (κ1) is 19.8. The molecule has 2 saturated heterocycles. The fourth-order valence-corrected chi connectivity index (χ4v) is 4.12. The molecule has 0 radical (unpaired) electrons. The molecule has 4 rings (SSSR count). The summed E-state index contributed by atoms with van der Waals surface area (Å²) in [6.07, 6.45) is 5.64. The minimum atomic E-state index is 0.0538. The van der Waals surface area contributed by atoms with E-state index in [-0.39, 0.29) is 24.5 Å². The number of aromatic nitrogens is 3. The van der Waals surface area contributed by atoms with E-state index in [9.17, 15) is 9.59 Å². The Hall–Kier alpha value is -2.48. The maximum absolute atomic E-state index is 12.6. The van der Waals surface area contributed by atoms with Gasteiger partial charge in [-0.15, -0.1) is 0 Å². The number of piperidine rings is 1. The Morgan fingerprint density at radius 3 is 2.48 bits per heavy atom. The lowest BCUT2D eigenvalue weighted by Gasteiger charge is -2.31. The lowest BCUT2D eigenvalue weighted by Crippen LogP contribution is -2.40. The Bertz CT molecular complexity index is 805. The average molecular weight is 399 g/mol. The van der Waals surface area contributed by atoms with E-state index in [1.807, 2.05) is 29.2 Å². The van der Waals surface area contributed by atoms with Crippen LogP contribution in [0.2, 0.25) is 0 Å². The molecule has 1 aromatic heterocycles. The second-order valence-corrected chi connectivity index (χ2v) is 8.02. The van der Waals surface area contributed by atoms with Gasteiger partial charge in [-0.2, -0.15) is 15.0 Å². The molecule has 0 saturated carbocycles. The van der Waals surface area contributed by atoms with Crippen molar-refractivity contribution in [2.75, 3.05) is 26.2 Å². The van der Waals surface area contributed by atoms with Crippen LogP contribution in [-0.2, 0) is 20.9 Å². The summed E-state index contributed by atoms with van der Waals surface area (Å²) in [6.45, 7) is 3.08. The molecule has 1 aromatic carbocycles. The van der Waals surface area contributed by atoms with E-state index in [4.69, 9.17) is 4.74 Å². The molecule has 8 nitrogen and oxygen atoms in total. The van der Waals surface area contributed by atoms with Gasteiger partial charge in [0.05, 0.1) is 6.10 Å². The molecule has 156 valence electrons. The first-order chi connectivity index (χ1) is 14.2. The molecule has 0 unspecified atom stereocenters. The number of ether oxygens (including phenoxy) is 1. The van der Waals surface area contributed by atoms with E-state index < -0.39 is 0 Å². The first-order valence-electron chi connectivity index (χ1n) is 10.6. The molecule has 1 atom stereocenters. The van der Waals surface area contributed by atoms with E-state index in [1.54, 1.807) is 0 Å². The van der Waals surface area contributed by atoms with Gasteiger partial charge in [-0.05, 0) is 50.2 Å². The van der Waals surface area contributed by atoms with Gasteiger partial charge in [0, 0.05) is 32.7 Å². The van der Waals surface area contributed by atoms with E-state index in [0.717, 1.165) is 62.8 Å². The third-order valence-electron chi connectivity index (χ3n) is 5.90. The molecule has 2 amide bonds. The van der Waals surface area contributed by atoms with Gasteiger partial charge in [0.25, 0.3) is 0 Å². The van der Waals surface area contributed by atoms with E-state index in [2.05, 4.69) is 15.5 Å². The summed E-state index contributed by atoms with van der Waals surface area (Å²) in [5, 5.41) is 11.7. The van der Waals surface area contributed by atoms with Gasteiger partial charge in [0.2, 0.25) is 11.8 Å². The van der Waals surface area contributed by atoms with Crippen molar-refractivity contribution >= 4 is 22.8 Å². The minimum absolute atomic E-state index is 0.0538. The van der Waals surface area contributed by atoms with Crippen molar-refractivity contribution in [1.82, 2.24) is 25.2 Å². The number of hydrogen-bond acceptors (Lipinski definition) is 5. The van der Waals surface area contributed by atoms with Crippen molar-refractivity contribution < 1.29 is 14.3 Å². The van der Waals surface area contributed by atoms with Crippen LogP contribution in [0.4, 0.5) is 0 Å². The van der Waals surface area contributed by atoms with Crippen LogP contribution in [0.3, 0.4) is 0 Å². The van der Waals surface area contributed by atoms with Crippen molar-refractivity contribution in [2.45, 2.75) is 51.2 Å². The second kappa shape index (κ2) is 9.35. The Labute approximate surface area is 170 Å². The van der Waals surface area contributed by atoms with Gasteiger partial charge in [0.1, 0.15) is 17.6 Å². The maximum Gasteiger partial charge on any atom is 0.246 e. The highest BCUT2D eigenvalue weighted by atomic mass is 16.5. The molecule has 0 spiro atoms. The Kier molecular flexibility index (Phi) is 6.39. The van der Waals surface area contributed by atoms with Crippen LogP contribution in [0.1, 0.15) is 38.5 Å². The SMILES string of the molecule is O=C(CCC1CCN(C(=O)Cn2nc3ccccc3n2)CC1)NC[C@@H]1CCCO1. The second-order valence-electron chi connectivity index (χ2n) is 8.02. The van der Waals surface area contributed by atoms with Crippen LogP contribution >= 0.6 is 0 Å². The van der Waals surface area contributed by atoms with Gasteiger partial charge in [-0.3, -0.25) is 9.59 Å². The van der Waals surface area contributed by atoms with Gasteiger partial charge in [-0.1, -0.05) is 12.1 Å². The molecular formula is C21H29N5O3. The quantitative estimate of drug-likeness (QED) is 0.766. The zero-order valence-corrected chi connectivity index (χ0v) is 16.8. The number of fused-ring (bicyclic) bond motifs is 1. The van der Waals surface area contributed by atoms with Gasteiger partial charge < -0.3 is 15.0 Å². The van der Waals surface area contributed by atoms with Crippen LogP contribution in [0.5, 0.6) is 0 Å². The summed E-state index contributed by atoms with van der Waals surface area (Å²) in [5.41, 5.74) is 1.61. The molecule has 0 bridgehead atoms. The maximum atomic E-state index is 12.6. The lowest BCUT2D eigenvalue weighted by atomic mass is 9.92. The third-order valence-corrected chi connectivity index (χ3v) is 5.90. The number of benzene rings is 1. The molecule has 8 heteroatoms. The third kappa shape index (κ3) is 5.32. The standard InChI is InChI=1S/C21H29N5O3/c27-20(22-14-17-4-3-13-29-17)8-7-16-9-11-25(12-10-16)21(28)15-26-23-18-5-1-2-6-19(18)24-26/h1-2,5-6,16-17H,3-4,7-15H2,(H,22,27)/t17-/m0/s1. The summed E-state index contributed by atoms with van der Waals surface area (Å²) in [6, 6.07) is 7.62. The molecular weight excluding hydrogens is 370 g/mol. The molecule has 2 aliphatic rings. The normalized spacial score (nSPS) is 20.3.